The molecule has 92 valence electrons. The summed E-state index contributed by atoms with van der Waals surface area (Å²) in [5.74, 6) is 0. The Kier molecular flexibility index (Phi) is 4.34. The Labute approximate surface area is 108 Å². The van der Waals surface area contributed by atoms with E-state index in [4.69, 9.17) is 17.0 Å². The van der Waals surface area contributed by atoms with E-state index >= 15 is 0 Å². The topological polar surface area (TPSA) is 24.5 Å². The number of aryl methyl sites for hydroxylation is 1. The molecule has 1 fully saturated rings. The van der Waals surface area contributed by atoms with Crippen LogP contribution in [-0.4, -0.2) is 36.3 Å². The van der Waals surface area contributed by atoms with Gasteiger partial charge in [-0.3, -0.25) is 0 Å². The van der Waals surface area contributed by atoms with Crippen molar-refractivity contribution in [3.63, 3.8) is 0 Å². The highest BCUT2D eigenvalue weighted by Crippen LogP contribution is 2.12. The van der Waals surface area contributed by atoms with E-state index in [1.54, 1.807) is 0 Å². The number of nitrogens with zero attached hydrogens (tertiary/aromatic N) is 1. The molecule has 1 N–H and O–H groups in total. The van der Waals surface area contributed by atoms with E-state index in [0.29, 0.717) is 0 Å². The Morgan fingerprint density at radius 2 is 2.18 bits per heavy atom. The van der Waals surface area contributed by atoms with Crippen molar-refractivity contribution in [1.29, 1.82) is 0 Å². The second-order valence-corrected chi connectivity index (χ2v) is 4.47. The first-order valence-electron chi connectivity index (χ1n) is 6.02. The Morgan fingerprint density at radius 3 is 2.88 bits per heavy atom. The largest absolute Gasteiger partial charge is 0.378 e. The lowest BCUT2D eigenvalue weighted by Gasteiger charge is -2.29. The van der Waals surface area contributed by atoms with Crippen LogP contribution in [0.5, 0.6) is 0 Å². The number of rotatable bonds is 2. The van der Waals surface area contributed by atoms with Crippen LogP contribution in [0.3, 0.4) is 0 Å². The van der Waals surface area contributed by atoms with Gasteiger partial charge in [-0.25, -0.2) is 0 Å². The van der Waals surface area contributed by atoms with Crippen molar-refractivity contribution in [1.82, 2.24) is 4.90 Å². The van der Waals surface area contributed by atoms with Crippen LogP contribution < -0.4 is 5.32 Å². The van der Waals surface area contributed by atoms with Gasteiger partial charge < -0.3 is 15.0 Å². The predicted octanol–water partition coefficient (Wildman–Crippen LogP) is 2.28. The van der Waals surface area contributed by atoms with Gasteiger partial charge in [0.25, 0.3) is 0 Å². The average molecular weight is 250 g/mol. The molecule has 1 aliphatic heterocycles. The van der Waals surface area contributed by atoms with Gasteiger partial charge in [0.05, 0.1) is 13.2 Å². The first-order valence-corrected chi connectivity index (χ1v) is 6.43. The molecule has 0 aromatic heterocycles. The van der Waals surface area contributed by atoms with Crippen LogP contribution in [0.4, 0.5) is 5.69 Å². The maximum absolute atomic E-state index is 5.39. The standard InChI is InChI=1S/C13H18N2OS/c1-2-11-4-3-5-12(10-11)14-13(17)15-6-8-16-9-7-15/h3-5,10H,2,6-9H2,1H3,(H,14,17). The van der Waals surface area contributed by atoms with E-state index in [2.05, 4.69) is 35.3 Å². The number of anilines is 1. The van der Waals surface area contributed by atoms with Crippen LogP contribution in [0.25, 0.3) is 0 Å². The molecule has 1 saturated heterocycles. The van der Waals surface area contributed by atoms with Crippen molar-refractivity contribution < 1.29 is 4.74 Å². The zero-order chi connectivity index (χ0) is 12.1. The smallest absolute Gasteiger partial charge is 0.173 e. The molecule has 0 atom stereocenters. The first-order chi connectivity index (χ1) is 8.29. The lowest BCUT2D eigenvalue weighted by Crippen LogP contribution is -2.42. The van der Waals surface area contributed by atoms with Crippen LogP contribution in [-0.2, 0) is 11.2 Å². The summed E-state index contributed by atoms with van der Waals surface area (Å²) in [5.41, 5.74) is 2.39. The molecule has 1 aromatic rings. The molecule has 4 heteroatoms. The van der Waals surface area contributed by atoms with Gasteiger partial charge in [0.15, 0.2) is 5.11 Å². The highest BCUT2D eigenvalue weighted by molar-refractivity contribution is 7.80. The van der Waals surface area contributed by atoms with E-state index in [1.807, 2.05) is 6.07 Å². The number of hydrogen-bond donors (Lipinski definition) is 1. The molecule has 1 heterocycles. The molecule has 0 aliphatic carbocycles. The maximum atomic E-state index is 5.39. The van der Waals surface area contributed by atoms with Gasteiger partial charge in [-0.05, 0) is 36.3 Å². The van der Waals surface area contributed by atoms with Gasteiger partial charge in [0, 0.05) is 18.8 Å². The fraction of sp³-hybridized carbons (Fsp3) is 0.462. The third-order valence-corrected chi connectivity index (χ3v) is 3.25. The third kappa shape index (κ3) is 3.41. The molecule has 0 spiro atoms. The van der Waals surface area contributed by atoms with Crippen LogP contribution in [0.1, 0.15) is 12.5 Å². The molecule has 3 nitrogen and oxygen atoms in total. The molecule has 1 aromatic carbocycles. The fourth-order valence-electron chi connectivity index (χ4n) is 1.84. The summed E-state index contributed by atoms with van der Waals surface area (Å²) in [6, 6.07) is 8.38. The Bertz CT molecular complexity index is 389. The van der Waals surface area contributed by atoms with Crippen LogP contribution in [0, 0.1) is 0 Å². The summed E-state index contributed by atoms with van der Waals surface area (Å²) in [6.45, 7) is 5.42. The van der Waals surface area contributed by atoms with Gasteiger partial charge in [-0.2, -0.15) is 0 Å². The lowest BCUT2D eigenvalue weighted by atomic mass is 10.1. The fourth-order valence-corrected chi connectivity index (χ4v) is 2.14. The molecule has 1 aliphatic rings. The van der Waals surface area contributed by atoms with Crippen molar-refractivity contribution in [3.8, 4) is 0 Å². The van der Waals surface area contributed by atoms with E-state index in [0.717, 1.165) is 43.5 Å². The van der Waals surface area contributed by atoms with Gasteiger partial charge in [-0.1, -0.05) is 19.1 Å². The van der Waals surface area contributed by atoms with E-state index in [-0.39, 0.29) is 0 Å². The normalized spacial score (nSPS) is 15.7. The number of nitrogens with one attached hydrogen (secondary N) is 1. The van der Waals surface area contributed by atoms with Gasteiger partial charge in [-0.15, -0.1) is 0 Å². The zero-order valence-corrected chi connectivity index (χ0v) is 10.9. The zero-order valence-electron chi connectivity index (χ0n) is 10.1. The van der Waals surface area contributed by atoms with Gasteiger partial charge in [0.2, 0.25) is 0 Å². The molecule has 0 unspecified atom stereocenters. The highest BCUT2D eigenvalue weighted by atomic mass is 32.1. The molecule has 0 radical (unpaired) electrons. The molecule has 0 saturated carbocycles. The van der Waals surface area contributed by atoms with Crippen LogP contribution >= 0.6 is 12.2 Å². The molecule has 17 heavy (non-hydrogen) atoms. The quantitative estimate of drug-likeness (QED) is 0.814. The SMILES string of the molecule is CCc1cccc(NC(=S)N2CCOCC2)c1. The van der Waals surface area contributed by atoms with Crippen molar-refractivity contribution >= 4 is 23.0 Å². The molecule has 2 rings (SSSR count). The summed E-state index contributed by atoms with van der Waals surface area (Å²) in [4.78, 5) is 2.15. The van der Waals surface area contributed by atoms with E-state index in [9.17, 15) is 0 Å². The summed E-state index contributed by atoms with van der Waals surface area (Å²) < 4.78 is 5.31. The Balaban J connectivity index is 1.96. The molecule has 0 amide bonds. The predicted molar refractivity (Wildman–Crippen MR) is 74.4 cm³/mol. The molecular weight excluding hydrogens is 232 g/mol. The number of morpholine rings is 1. The van der Waals surface area contributed by atoms with Crippen LogP contribution in [0.15, 0.2) is 24.3 Å². The molecular formula is C13H18N2OS. The van der Waals surface area contributed by atoms with Crippen molar-refractivity contribution in [3.05, 3.63) is 29.8 Å². The van der Waals surface area contributed by atoms with Crippen molar-refractivity contribution in [2.75, 3.05) is 31.6 Å². The third-order valence-electron chi connectivity index (χ3n) is 2.88. The van der Waals surface area contributed by atoms with E-state index < -0.39 is 0 Å². The minimum Gasteiger partial charge on any atom is -0.378 e. The van der Waals surface area contributed by atoms with Crippen LogP contribution in [0.2, 0.25) is 0 Å². The second kappa shape index (κ2) is 5.98. The lowest BCUT2D eigenvalue weighted by molar-refractivity contribution is 0.0690. The minimum absolute atomic E-state index is 0.761. The molecule has 0 bridgehead atoms. The monoisotopic (exact) mass is 250 g/mol. The van der Waals surface area contributed by atoms with E-state index in [1.165, 1.54) is 5.56 Å². The summed E-state index contributed by atoms with van der Waals surface area (Å²) >= 11 is 5.39. The number of thiocarbonyl (C=S) groups is 1. The number of benzene rings is 1. The second-order valence-electron chi connectivity index (χ2n) is 4.08. The van der Waals surface area contributed by atoms with Gasteiger partial charge in [0.1, 0.15) is 0 Å². The average Bonchev–Trinajstić information content (AvgIpc) is 2.40. The van der Waals surface area contributed by atoms with Gasteiger partial charge >= 0.3 is 0 Å². The summed E-state index contributed by atoms with van der Waals surface area (Å²) in [7, 11) is 0. The number of ether oxygens (including phenoxy) is 1. The number of hydrogen-bond acceptors (Lipinski definition) is 2. The summed E-state index contributed by atoms with van der Waals surface area (Å²) in [6.07, 6.45) is 1.04. The summed E-state index contributed by atoms with van der Waals surface area (Å²) in [5, 5.41) is 4.08. The maximum Gasteiger partial charge on any atom is 0.173 e. The Hall–Kier alpha value is -1.13. The van der Waals surface area contributed by atoms with Crippen molar-refractivity contribution in [2.45, 2.75) is 13.3 Å². The Morgan fingerprint density at radius 1 is 1.41 bits per heavy atom. The van der Waals surface area contributed by atoms with Crippen molar-refractivity contribution in [2.24, 2.45) is 0 Å². The highest BCUT2D eigenvalue weighted by Gasteiger charge is 2.13. The first kappa shape index (κ1) is 12.3. The minimum atomic E-state index is 0.761.